The maximum atomic E-state index is 9.73. The van der Waals surface area contributed by atoms with Crippen molar-refractivity contribution in [1.82, 2.24) is 0 Å². The molecule has 4 nitrogen and oxygen atoms in total. The van der Waals surface area contributed by atoms with Gasteiger partial charge in [-0.3, -0.25) is 0 Å². The van der Waals surface area contributed by atoms with Crippen LogP contribution in [0.25, 0.3) is 0 Å². The molecule has 0 aromatic heterocycles. The minimum absolute atomic E-state index is 0.290. The molecule has 0 aromatic rings. The van der Waals surface area contributed by atoms with Gasteiger partial charge in [-0.2, -0.15) is 0 Å². The Bertz CT molecular complexity index is 156. The third-order valence-electron chi connectivity index (χ3n) is 3.25. The molecule has 1 aliphatic carbocycles. The van der Waals surface area contributed by atoms with E-state index in [0.717, 1.165) is 32.2 Å². The first-order chi connectivity index (χ1) is 6.63. The number of nitrogens with two attached hydrogens (primary N) is 2. The topological polar surface area (TPSA) is 92.5 Å². The van der Waals surface area contributed by atoms with E-state index >= 15 is 0 Å². The first-order valence-corrected chi connectivity index (χ1v) is 5.45. The molecule has 14 heavy (non-hydrogen) atoms. The molecule has 6 N–H and O–H groups in total. The van der Waals surface area contributed by atoms with Gasteiger partial charge in [-0.25, -0.2) is 0 Å². The van der Waals surface area contributed by atoms with Crippen molar-refractivity contribution >= 4 is 0 Å². The normalized spacial score (nSPS) is 32.6. The van der Waals surface area contributed by atoms with Gasteiger partial charge in [0.15, 0.2) is 0 Å². The molecule has 2 atom stereocenters. The molecule has 0 aromatic carbocycles. The summed E-state index contributed by atoms with van der Waals surface area (Å²) in [6, 6.07) is 0. The zero-order valence-electron chi connectivity index (χ0n) is 8.60. The molecule has 84 valence electrons. The molecule has 1 saturated carbocycles. The highest BCUT2D eigenvalue weighted by atomic mass is 16.3. The summed E-state index contributed by atoms with van der Waals surface area (Å²) in [5, 5.41) is 18.7. The van der Waals surface area contributed by atoms with Crippen LogP contribution in [0.15, 0.2) is 0 Å². The molecule has 1 fully saturated rings. The molecule has 1 aliphatic rings. The average molecular weight is 202 g/mol. The molecule has 0 radical (unpaired) electrons. The summed E-state index contributed by atoms with van der Waals surface area (Å²) < 4.78 is 0. The lowest BCUT2D eigenvalue weighted by atomic mass is 9.78. The Balaban J connectivity index is 2.26. The van der Waals surface area contributed by atoms with Crippen molar-refractivity contribution in [2.45, 2.75) is 44.4 Å². The molecule has 0 amide bonds. The van der Waals surface area contributed by atoms with Gasteiger partial charge in [-0.1, -0.05) is 0 Å². The maximum absolute atomic E-state index is 9.73. The summed E-state index contributed by atoms with van der Waals surface area (Å²) in [6.45, 7) is 0.752. The van der Waals surface area contributed by atoms with E-state index in [1.807, 2.05) is 0 Å². The highest BCUT2D eigenvalue weighted by Gasteiger charge is 2.26. The fraction of sp³-hybridized carbons (Fsp3) is 1.00. The van der Waals surface area contributed by atoms with Crippen LogP contribution in [0.4, 0.5) is 0 Å². The van der Waals surface area contributed by atoms with E-state index in [9.17, 15) is 5.11 Å². The summed E-state index contributed by atoms with van der Waals surface area (Å²) in [6.07, 6.45) is 3.16. The van der Waals surface area contributed by atoms with Crippen molar-refractivity contribution in [2.24, 2.45) is 23.3 Å². The van der Waals surface area contributed by atoms with Crippen LogP contribution in [0.2, 0.25) is 0 Å². The lowest BCUT2D eigenvalue weighted by Crippen LogP contribution is -2.33. The first-order valence-electron chi connectivity index (χ1n) is 5.45. The van der Waals surface area contributed by atoms with Gasteiger partial charge in [-0.15, -0.1) is 0 Å². The van der Waals surface area contributed by atoms with Crippen LogP contribution in [0, 0.1) is 11.8 Å². The van der Waals surface area contributed by atoms with E-state index in [-0.39, 0.29) is 6.42 Å². The highest BCUT2D eigenvalue weighted by molar-refractivity contribution is 4.78. The van der Waals surface area contributed by atoms with Gasteiger partial charge in [0.1, 0.15) is 6.23 Å². The smallest absolute Gasteiger partial charge is 0.104 e. The Labute approximate surface area is 85.3 Å². The van der Waals surface area contributed by atoms with Crippen molar-refractivity contribution in [3.8, 4) is 0 Å². The summed E-state index contributed by atoms with van der Waals surface area (Å²) in [5.74, 6) is 0.928. The SMILES string of the molecule is NCC1CCC(C(O)CC(N)O)CC1. The third-order valence-corrected chi connectivity index (χ3v) is 3.25. The summed E-state index contributed by atoms with van der Waals surface area (Å²) >= 11 is 0. The minimum atomic E-state index is -0.891. The predicted molar refractivity (Wildman–Crippen MR) is 55.3 cm³/mol. The number of aliphatic hydroxyl groups excluding tert-OH is 2. The molecular weight excluding hydrogens is 180 g/mol. The second kappa shape index (κ2) is 5.66. The largest absolute Gasteiger partial charge is 0.393 e. The Hall–Kier alpha value is -0.160. The maximum Gasteiger partial charge on any atom is 0.104 e. The third kappa shape index (κ3) is 3.53. The Morgan fingerprint density at radius 3 is 2.14 bits per heavy atom. The van der Waals surface area contributed by atoms with Crippen molar-refractivity contribution in [1.29, 1.82) is 0 Å². The second-order valence-corrected chi connectivity index (χ2v) is 4.39. The fourth-order valence-electron chi connectivity index (χ4n) is 2.25. The van der Waals surface area contributed by atoms with Crippen LogP contribution in [0.1, 0.15) is 32.1 Å². The van der Waals surface area contributed by atoms with Crippen molar-refractivity contribution < 1.29 is 10.2 Å². The van der Waals surface area contributed by atoms with Gasteiger partial charge in [-0.05, 0) is 44.1 Å². The number of hydrogen-bond donors (Lipinski definition) is 4. The lowest BCUT2D eigenvalue weighted by Gasteiger charge is -2.31. The van der Waals surface area contributed by atoms with E-state index in [1.54, 1.807) is 0 Å². The molecule has 0 heterocycles. The van der Waals surface area contributed by atoms with Crippen LogP contribution in [0.3, 0.4) is 0 Å². The van der Waals surface area contributed by atoms with Crippen LogP contribution >= 0.6 is 0 Å². The minimum Gasteiger partial charge on any atom is -0.393 e. The van der Waals surface area contributed by atoms with Crippen molar-refractivity contribution in [3.63, 3.8) is 0 Å². The van der Waals surface area contributed by atoms with Gasteiger partial charge in [0.2, 0.25) is 0 Å². The molecule has 1 rings (SSSR count). The van der Waals surface area contributed by atoms with Crippen LogP contribution in [0.5, 0.6) is 0 Å². The Kier molecular flexibility index (Phi) is 4.81. The van der Waals surface area contributed by atoms with Crippen LogP contribution < -0.4 is 11.5 Å². The fourth-order valence-corrected chi connectivity index (χ4v) is 2.25. The Morgan fingerprint density at radius 1 is 1.14 bits per heavy atom. The standard InChI is InChI=1S/C10H22N2O2/c11-6-7-1-3-8(4-2-7)9(13)5-10(12)14/h7-10,13-14H,1-6,11-12H2. The monoisotopic (exact) mass is 202 g/mol. The quantitative estimate of drug-likeness (QED) is 0.474. The first kappa shape index (κ1) is 11.9. The van der Waals surface area contributed by atoms with E-state index in [1.165, 1.54) is 0 Å². The number of aliphatic hydroxyl groups is 2. The molecule has 0 aliphatic heterocycles. The highest BCUT2D eigenvalue weighted by Crippen LogP contribution is 2.31. The predicted octanol–water partition coefficient (Wildman–Crippen LogP) is -0.220. The Morgan fingerprint density at radius 2 is 1.71 bits per heavy atom. The number of rotatable bonds is 4. The van der Waals surface area contributed by atoms with Crippen molar-refractivity contribution in [3.05, 3.63) is 0 Å². The number of hydrogen-bond acceptors (Lipinski definition) is 4. The molecule has 2 unspecified atom stereocenters. The second-order valence-electron chi connectivity index (χ2n) is 4.39. The molecular formula is C10H22N2O2. The van der Waals surface area contributed by atoms with E-state index in [2.05, 4.69) is 0 Å². The zero-order valence-corrected chi connectivity index (χ0v) is 8.60. The van der Waals surface area contributed by atoms with E-state index in [4.69, 9.17) is 16.6 Å². The molecule has 0 spiro atoms. The van der Waals surface area contributed by atoms with E-state index in [0.29, 0.717) is 11.8 Å². The summed E-state index contributed by atoms with van der Waals surface area (Å²) in [7, 11) is 0. The summed E-state index contributed by atoms with van der Waals surface area (Å²) in [4.78, 5) is 0. The van der Waals surface area contributed by atoms with Gasteiger partial charge < -0.3 is 21.7 Å². The molecule has 0 saturated heterocycles. The molecule has 0 bridgehead atoms. The van der Waals surface area contributed by atoms with Crippen molar-refractivity contribution in [2.75, 3.05) is 6.54 Å². The van der Waals surface area contributed by atoms with Gasteiger partial charge >= 0.3 is 0 Å². The van der Waals surface area contributed by atoms with E-state index < -0.39 is 12.3 Å². The van der Waals surface area contributed by atoms with Gasteiger partial charge in [0.25, 0.3) is 0 Å². The van der Waals surface area contributed by atoms with Gasteiger partial charge in [0, 0.05) is 6.42 Å². The van der Waals surface area contributed by atoms with Crippen LogP contribution in [-0.4, -0.2) is 29.1 Å². The lowest BCUT2D eigenvalue weighted by molar-refractivity contribution is 0.0277. The summed E-state index contributed by atoms with van der Waals surface area (Å²) in [5.41, 5.74) is 10.8. The zero-order chi connectivity index (χ0) is 10.6. The molecule has 4 heteroatoms. The van der Waals surface area contributed by atoms with Gasteiger partial charge in [0.05, 0.1) is 6.10 Å². The van der Waals surface area contributed by atoms with Crippen LogP contribution in [-0.2, 0) is 0 Å². The average Bonchev–Trinajstić information content (AvgIpc) is 2.17.